The summed E-state index contributed by atoms with van der Waals surface area (Å²) >= 11 is 1.65. The van der Waals surface area contributed by atoms with Crippen molar-refractivity contribution >= 4 is 28.4 Å². The van der Waals surface area contributed by atoms with Crippen molar-refractivity contribution in [1.82, 2.24) is 4.98 Å². The first kappa shape index (κ1) is 26.2. The molecule has 1 aliphatic carbocycles. The Labute approximate surface area is 231 Å². The van der Waals surface area contributed by atoms with Gasteiger partial charge in [-0.15, -0.1) is 11.3 Å². The number of thiazole rings is 1. The Hall–Kier alpha value is -3.44. The van der Waals surface area contributed by atoms with Crippen LogP contribution in [0.5, 0.6) is 0 Å². The SMILES string of the molecule is CC1CCC(c2ccc(CN(C)c3ccc(-c4csc(N(C)Cc5ccc(C=O)cc5)n4)cc3)cc2)CC1. The molecule has 196 valence electrons. The second-order valence-corrected chi connectivity index (χ2v) is 11.7. The standard InChI is InChI=1S/C33H37N3OS/c1-24-4-12-28(13-5-24)29-14-10-26(11-15-29)20-35(2)31-18-16-30(17-19-31)32-23-38-33(34-32)36(3)21-25-6-8-27(22-37)9-7-25/h6-11,14-19,22-24,28H,4-5,12-13,20-21H2,1-3H3. The third kappa shape index (κ3) is 6.33. The lowest BCUT2D eigenvalue weighted by Crippen LogP contribution is -2.16. The van der Waals surface area contributed by atoms with Crippen molar-refractivity contribution in [2.24, 2.45) is 5.92 Å². The molecule has 4 aromatic rings. The monoisotopic (exact) mass is 523 g/mol. The van der Waals surface area contributed by atoms with Gasteiger partial charge in [0.25, 0.3) is 0 Å². The van der Waals surface area contributed by atoms with E-state index in [0.717, 1.165) is 53.2 Å². The lowest BCUT2D eigenvalue weighted by molar-refractivity contribution is 0.112. The smallest absolute Gasteiger partial charge is 0.185 e. The Bertz CT molecular complexity index is 1320. The molecule has 1 fully saturated rings. The van der Waals surface area contributed by atoms with Crippen LogP contribution in [-0.2, 0) is 13.1 Å². The summed E-state index contributed by atoms with van der Waals surface area (Å²) < 4.78 is 0. The maximum atomic E-state index is 10.9. The van der Waals surface area contributed by atoms with Crippen LogP contribution in [0.3, 0.4) is 0 Å². The van der Waals surface area contributed by atoms with Crippen LogP contribution in [0.2, 0.25) is 0 Å². The maximum absolute atomic E-state index is 10.9. The molecule has 3 aromatic carbocycles. The van der Waals surface area contributed by atoms with E-state index in [1.54, 1.807) is 11.3 Å². The third-order valence-electron chi connectivity index (χ3n) is 7.84. The van der Waals surface area contributed by atoms with Gasteiger partial charge in [-0.3, -0.25) is 4.79 Å². The van der Waals surface area contributed by atoms with E-state index in [-0.39, 0.29) is 0 Å². The Kier molecular flexibility index (Phi) is 8.23. The number of hydrogen-bond acceptors (Lipinski definition) is 5. The molecule has 0 radical (unpaired) electrons. The fourth-order valence-electron chi connectivity index (χ4n) is 5.36. The largest absolute Gasteiger partial charge is 0.370 e. The molecule has 0 aliphatic heterocycles. The van der Waals surface area contributed by atoms with Crippen LogP contribution in [0.1, 0.15) is 65.6 Å². The van der Waals surface area contributed by atoms with Gasteiger partial charge in [0.2, 0.25) is 0 Å². The molecule has 0 unspecified atom stereocenters. The van der Waals surface area contributed by atoms with Gasteiger partial charge < -0.3 is 9.80 Å². The Morgan fingerprint density at radius 2 is 1.42 bits per heavy atom. The molecule has 1 saturated carbocycles. The van der Waals surface area contributed by atoms with E-state index >= 15 is 0 Å². The molecule has 1 aromatic heterocycles. The van der Waals surface area contributed by atoms with Crippen molar-refractivity contribution < 1.29 is 4.79 Å². The number of benzene rings is 3. The minimum Gasteiger partial charge on any atom is -0.370 e. The summed E-state index contributed by atoms with van der Waals surface area (Å²) in [5, 5.41) is 3.10. The van der Waals surface area contributed by atoms with Crippen LogP contribution >= 0.6 is 11.3 Å². The zero-order valence-electron chi connectivity index (χ0n) is 22.6. The number of nitrogens with zero attached hydrogens (tertiary/aromatic N) is 3. The van der Waals surface area contributed by atoms with Crippen molar-refractivity contribution in [3.63, 3.8) is 0 Å². The van der Waals surface area contributed by atoms with Crippen molar-refractivity contribution in [2.75, 3.05) is 23.9 Å². The minimum absolute atomic E-state index is 0.698. The molecule has 5 rings (SSSR count). The average Bonchev–Trinajstić information content (AvgIpc) is 3.45. The van der Waals surface area contributed by atoms with Gasteiger partial charge >= 0.3 is 0 Å². The molecule has 4 nitrogen and oxygen atoms in total. The highest BCUT2D eigenvalue weighted by Crippen LogP contribution is 2.35. The minimum atomic E-state index is 0.698. The number of carbonyl (C=O) groups is 1. The molecule has 38 heavy (non-hydrogen) atoms. The van der Waals surface area contributed by atoms with E-state index in [4.69, 9.17) is 4.98 Å². The van der Waals surface area contributed by atoms with Gasteiger partial charge in [-0.25, -0.2) is 4.98 Å². The molecule has 0 spiro atoms. The molecule has 5 heteroatoms. The maximum Gasteiger partial charge on any atom is 0.185 e. The Balaban J connectivity index is 1.17. The topological polar surface area (TPSA) is 36.4 Å². The molecule has 0 N–H and O–H groups in total. The number of hydrogen-bond donors (Lipinski definition) is 0. The van der Waals surface area contributed by atoms with E-state index in [0.29, 0.717) is 5.56 Å². The number of rotatable bonds is 9. The van der Waals surface area contributed by atoms with Crippen molar-refractivity contribution in [3.8, 4) is 11.3 Å². The highest BCUT2D eigenvalue weighted by atomic mass is 32.1. The van der Waals surface area contributed by atoms with Gasteiger partial charge in [0, 0.05) is 49.4 Å². The lowest BCUT2D eigenvalue weighted by atomic mass is 9.79. The number of carbonyl (C=O) groups excluding carboxylic acids is 1. The number of aromatic nitrogens is 1. The zero-order chi connectivity index (χ0) is 26.5. The highest BCUT2D eigenvalue weighted by molar-refractivity contribution is 7.14. The predicted molar refractivity (Wildman–Crippen MR) is 160 cm³/mol. The fourth-order valence-corrected chi connectivity index (χ4v) is 6.16. The summed E-state index contributed by atoms with van der Waals surface area (Å²) in [6, 6.07) is 25.7. The molecular formula is C33H37N3OS. The van der Waals surface area contributed by atoms with Crippen LogP contribution in [0.4, 0.5) is 10.8 Å². The normalized spacial score (nSPS) is 17.2. The summed E-state index contributed by atoms with van der Waals surface area (Å²) in [6.45, 7) is 4.02. The van der Waals surface area contributed by atoms with E-state index in [1.165, 1.54) is 42.5 Å². The summed E-state index contributed by atoms with van der Waals surface area (Å²) in [4.78, 5) is 20.2. The number of anilines is 2. The third-order valence-corrected chi connectivity index (χ3v) is 8.80. The second kappa shape index (κ2) is 12.0. The van der Waals surface area contributed by atoms with Crippen molar-refractivity contribution in [2.45, 2.75) is 51.6 Å². The fraction of sp³-hybridized carbons (Fsp3) is 0.333. The summed E-state index contributed by atoms with van der Waals surface area (Å²) in [6.07, 6.45) is 6.27. The lowest BCUT2D eigenvalue weighted by Gasteiger charge is -2.26. The highest BCUT2D eigenvalue weighted by Gasteiger charge is 2.19. The predicted octanol–water partition coefficient (Wildman–Crippen LogP) is 8.19. The first-order valence-corrected chi connectivity index (χ1v) is 14.5. The van der Waals surface area contributed by atoms with Gasteiger partial charge in [0.1, 0.15) is 6.29 Å². The molecule has 0 atom stereocenters. The van der Waals surface area contributed by atoms with Crippen LogP contribution in [0.15, 0.2) is 78.2 Å². The molecule has 0 amide bonds. The average molecular weight is 524 g/mol. The van der Waals surface area contributed by atoms with Crippen LogP contribution < -0.4 is 9.80 Å². The van der Waals surface area contributed by atoms with E-state index < -0.39 is 0 Å². The molecule has 0 bridgehead atoms. The van der Waals surface area contributed by atoms with Crippen LogP contribution in [0, 0.1) is 5.92 Å². The van der Waals surface area contributed by atoms with Crippen LogP contribution in [-0.4, -0.2) is 25.4 Å². The second-order valence-electron chi connectivity index (χ2n) is 10.8. The first-order valence-electron chi connectivity index (χ1n) is 13.6. The van der Waals surface area contributed by atoms with Crippen molar-refractivity contribution in [1.29, 1.82) is 0 Å². The van der Waals surface area contributed by atoms with Gasteiger partial charge in [-0.05, 0) is 53.5 Å². The van der Waals surface area contributed by atoms with E-state index in [1.807, 2.05) is 24.3 Å². The van der Waals surface area contributed by atoms with E-state index in [9.17, 15) is 4.79 Å². The molecule has 0 saturated heterocycles. The van der Waals surface area contributed by atoms with Gasteiger partial charge in [0.15, 0.2) is 5.13 Å². The van der Waals surface area contributed by atoms with Gasteiger partial charge in [0.05, 0.1) is 5.69 Å². The summed E-state index contributed by atoms with van der Waals surface area (Å²) in [7, 11) is 4.21. The molecular weight excluding hydrogens is 486 g/mol. The molecule has 1 heterocycles. The Morgan fingerprint density at radius 1 is 0.816 bits per heavy atom. The number of aldehydes is 1. The zero-order valence-corrected chi connectivity index (χ0v) is 23.5. The molecule has 1 aliphatic rings. The summed E-state index contributed by atoms with van der Waals surface area (Å²) in [5.41, 5.74) is 8.03. The van der Waals surface area contributed by atoms with Crippen molar-refractivity contribution in [3.05, 3.63) is 100 Å². The Morgan fingerprint density at radius 3 is 2.05 bits per heavy atom. The van der Waals surface area contributed by atoms with Gasteiger partial charge in [-0.1, -0.05) is 80.4 Å². The van der Waals surface area contributed by atoms with Gasteiger partial charge in [-0.2, -0.15) is 0 Å². The van der Waals surface area contributed by atoms with E-state index in [2.05, 4.69) is 84.7 Å². The first-order chi connectivity index (χ1) is 18.5. The quantitative estimate of drug-likeness (QED) is 0.207. The summed E-state index contributed by atoms with van der Waals surface area (Å²) in [5.74, 6) is 1.63. The van der Waals surface area contributed by atoms with Crippen LogP contribution in [0.25, 0.3) is 11.3 Å².